The minimum Gasteiger partial charge on any atom is -0.382 e. The Morgan fingerprint density at radius 1 is 0.971 bits per heavy atom. The quantitative estimate of drug-likeness (QED) is 0.403. The maximum absolute atomic E-state index is 13.1. The molecule has 0 aliphatic heterocycles. The lowest BCUT2D eigenvalue weighted by atomic mass is 9.96. The molecule has 0 saturated heterocycles. The molecule has 5 N–H and O–H groups in total. The molecule has 34 heavy (non-hydrogen) atoms. The molecular weight excluding hydrogens is 471 g/mol. The number of aliphatic hydroxyl groups is 1. The molecular formula is C24H29ClF3N3O3. The van der Waals surface area contributed by atoms with Crippen molar-refractivity contribution in [2.75, 3.05) is 0 Å². The van der Waals surface area contributed by atoms with Crippen molar-refractivity contribution >= 4 is 23.4 Å². The Kier molecular flexibility index (Phi) is 9.90. The third-order valence-corrected chi connectivity index (χ3v) is 5.53. The van der Waals surface area contributed by atoms with Crippen molar-refractivity contribution in [2.24, 2.45) is 11.7 Å². The number of nitrogens with one attached hydrogen (secondary N) is 2. The Balaban J connectivity index is 2.19. The molecule has 0 aromatic heterocycles. The van der Waals surface area contributed by atoms with Crippen LogP contribution in [0.1, 0.15) is 25.0 Å². The number of nitrogens with two attached hydrogens (primary N) is 1. The Hall–Kier alpha value is -2.62. The highest BCUT2D eigenvalue weighted by Crippen LogP contribution is 2.25. The van der Waals surface area contributed by atoms with Crippen molar-refractivity contribution in [3.05, 3.63) is 70.7 Å². The fourth-order valence-corrected chi connectivity index (χ4v) is 3.64. The van der Waals surface area contributed by atoms with Crippen LogP contribution in [0.5, 0.6) is 0 Å². The van der Waals surface area contributed by atoms with Gasteiger partial charge < -0.3 is 21.5 Å². The third kappa shape index (κ3) is 8.30. The summed E-state index contributed by atoms with van der Waals surface area (Å²) >= 11 is 5.96. The molecule has 186 valence electrons. The number of alkyl halides is 3. The smallest absolute Gasteiger partial charge is 0.382 e. The lowest BCUT2D eigenvalue weighted by Gasteiger charge is -2.31. The van der Waals surface area contributed by atoms with Crippen LogP contribution in [0, 0.1) is 5.92 Å². The van der Waals surface area contributed by atoms with Crippen molar-refractivity contribution in [3.63, 3.8) is 0 Å². The van der Waals surface area contributed by atoms with Crippen molar-refractivity contribution in [3.8, 4) is 0 Å². The fourth-order valence-electron chi connectivity index (χ4n) is 3.43. The van der Waals surface area contributed by atoms with Crippen LogP contribution in [0.15, 0.2) is 54.6 Å². The van der Waals surface area contributed by atoms with E-state index in [1.165, 1.54) is 13.8 Å². The van der Waals surface area contributed by atoms with Gasteiger partial charge in [0.2, 0.25) is 11.8 Å². The minimum atomic E-state index is -4.92. The SMILES string of the molecule is CC(C)[C@H](NC(=O)[C@H](Cc1ccccc1)NC(=O)[C@H](N)Cc1cccc(Cl)c1)[C@H](O)C(F)(F)F. The summed E-state index contributed by atoms with van der Waals surface area (Å²) in [5.74, 6) is -2.22. The molecule has 4 atom stereocenters. The topological polar surface area (TPSA) is 104 Å². The number of rotatable bonds is 10. The van der Waals surface area contributed by atoms with E-state index >= 15 is 0 Å². The van der Waals surface area contributed by atoms with Crippen LogP contribution in [0.25, 0.3) is 0 Å². The zero-order valence-electron chi connectivity index (χ0n) is 18.9. The highest BCUT2D eigenvalue weighted by Gasteiger charge is 2.45. The maximum Gasteiger partial charge on any atom is 0.416 e. The van der Waals surface area contributed by atoms with Crippen LogP contribution < -0.4 is 16.4 Å². The maximum atomic E-state index is 13.1. The first-order valence-corrected chi connectivity index (χ1v) is 11.2. The number of amides is 2. The molecule has 10 heteroatoms. The van der Waals surface area contributed by atoms with Gasteiger partial charge in [-0.1, -0.05) is 67.9 Å². The summed E-state index contributed by atoms with van der Waals surface area (Å²) < 4.78 is 39.3. The molecule has 0 radical (unpaired) electrons. The molecule has 0 aliphatic carbocycles. The van der Waals surface area contributed by atoms with Gasteiger partial charge in [0.05, 0.1) is 12.1 Å². The molecule has 2 aromatic carbocycles. The van der Waals surface area contributed by atoms with Crippen LogP contribution in [0.3, 0.4) is 0 Å². The Morgan fingerprint density at radius 2 is 1.59 bits per heavy atom. The van der Waals surface area contributed by atoms with E-state index in [1.807, 2.05) is 0 Å². The van der Waals surface area contributed by atoms with Gasteiger partial charge in [-0.25, -0.2) is 0 Å². The van der Waals surface area contributed by atoms with E-state index in [0.717, 1.165) is 0 Å². The summed E-state index contributed by atoms with van der Waals surface area (Å²) in [6, 6.07) is 11.7. The second-order valence-electron chi connectivity index (χ2n) is 8.46. The first-order chi connectivity index (χ1) is 15.9. The summed E-state index contributed by atoms with van der Waals surface area (Å²) in [6.07, 6.45) is -7.50. The predicted molar refractivity (Wildman–Crippen MR) is 124 cm³/mol. The number of hydrogen-bond acceptors (Lipinski definition) is 4. The van der Waals surface area contributed by atoms with E-state index in [2.05, 4.69) is 10.6 Å². The lowest BCUT2D eigenvalue weighted by Crippen LogP contribution is -2.59. The standard InChI is InChI=1S/C24H29ClF3N3O3/c1-14(2)20(21(32)24(26,27)28)31-23(34)19(13-15-7-4-3-5-8-15)30-22(33)18(29)12-16-9-6-10-17(25)11-16/h3-11,14,18-21,32H,12-13,29H2,1-2H3,(H,30,33)(H,31,34)/t18-,19+,20+,21+/m1/s1. The van der Waals surface area contributed by atoms with Gasteiger partial charge in [-0.05, 0) is 35.6 Å². The molecule has 2 aromatic rings. The van der Waals surface area contributed by atoms with Gasteiger partial charge in [0.1, 0.15) is 6.04 Å². The van der Waals surface area contributed by atoms with E-state index in [4.69, 9.17) is 17.3 Å². The highest BCUT2D eigenvalue weighted by molar-refractivity contribution is 6.30. The second-order valence-corrected chi connectivity index (χ2v) is 8.89. The van der Waals surface area contributed by atoms with Crippen LogP contribution >= 0.6 is 11.6 Å². The predicted octanol–water partition coefficient (Wildman–Crippen LogP) is 3.00. The zero-order valence-corrected chi connectivity index (χ0v) is 19.6. The van der Waals surface area contributed by atoms with Gasteiger partial charge in [0.25, 0.3) is 0 Å². The summed E-state index contributed by atoms with van der Waals surface area (Å²) in [4.78, 5) is 25.8. The summed E-state index contributed by atoms with van der Waals surface area (Å²) in [5, 5.41) is 15.0. The number of carbonyl (C=O) groups excluding carboxylic acids is 2. The number of aliphatic hydroxyl groups excluding tert-OH is 1. The van der Waals surface area contributed by atoms with Gasteiger partial charge in [-0.15, -0.1) is 0 Å². The number of hydrogen-bond donors (Lipinski definition) is 4. The first kappa shape index (κ1) is 27.6. The van der Waals surface area contributed by atoms with Crippen LogP contribution in [0.2, 0.25) is 5.02 Å². The minimum absolute atomic E-state index is 0.0230. The second kappa shape index (κ2) is 12.2. The van der Waals surface area contributed by atoms with Gasteiger partial charge in [0, 0.05) is 11.4 Å². The third-order valence-electron chi connectivity index (χ3n) is 5.30. The van der Waals surface area contributed by atoms with Crippen molar-refractivity contribution in [1.29, 1.82) is 0 Å². The Bertz CT molecular complexity index is 957. The zero-order chi connectivity index (χ0) is 25.5. The Morgan fingerprint density at radius 3 is 2.15 bits per heavy atom. The highest BCUT2D eigenvalue weighted by atomic mass is 35.5. The van der Waals surface area contributed by atoms with Gasteiger partial charge in [-0.3, -0.25) is 9.59 Å². The largest absolute Gasteiger partial charge is 0.416 e. The van der Waals surface area contributed by atoms with Crippen molar-refractivity contribution in [2.45, 2.75) is 57.1 Å². The van der Waals surface area contributed by atoms with E-state index < -0.39 is 48.1 Å². The number of benzene rings is 2. The van der Waals surface area contributed by atoms with Gasteiger partial charge in [-0.2, -0.15) is 13.2 Å². The van der Waals surface area contributed by atoms with E-state index in [0.29, 0.717) is 16.1 Å². The van der Waals surface area contributed by atoms with E-state index in [-0.39, 0.29) is 12.8 Å². The summed E-state index contributed by atoms with van der Waals surface area (Å²) in [5.41, 5.74) is 7.42. The molecule has 0 heterocycles. The molecule has 0 saturated carbocycles. The molecule has 0 aliphatic rings. The fraction of sp³-hybridized carbons (Fsp3) is 0.417. The van der Waals surface area contributed by atoms with E-state index in [9.17, 15) is 27.9 Å². The van der Waals surface area contributed by atoms with Crippen LogP contribution in [-0.4, -0.2) is 47.3 Å². The summed E-state index contributed by atoms with van der Waals surface area (Å²) in [7, 11) is 0. The molecule has 2 amide bonds. The average molecular weight is 500 g/mol. The first-order valence-electron chi connectivity index (χ1n) is 10.8. The average Bonchev–Trinajstić information content (AvgIpc) is 2.76. The van der Waals surface area contributed by atoms with Crippen LogP contribution in [0.4, 0.5) is 13.2 Å². The Labute approximate surface area is 201 Å². The lowest BCUT2D eigenvalue weighted by molar-refractivity contribution is -0.215. The van der Waals surface area contributed by atoms with Gasteiger partial charge in [0.15, 0.2) is 6.10 Å². The molecule has 0 unspecified atom stereocenters. The molecule has 6 nitrogen and oxygen atoms in total. The molecule has 0 spiro atoms. The van der Waals surface area contributed by atoms with Crippen LogP contribution in [-0.2, 0) is 22.4 Å². The monoisotopic (exact) mass is 499 g/mol. The number of halogens is 4. The van der Waals surface area contributed by atoms with E-state index in [1.54, 1.807) is 54.6 Å². The van der Waals surface area contributed by atoms with Gasteiger partial charge >= 0.3 is 6.18 Å². The normalized spacial score (nSPS) is 15.3. The van der Waals surface area contributed by atoms with Crippen molar-refractivity contribution in [1.82, 2.24) is 10.6 Å². The molecule has 2 rings (SSSR count). The number of carbonyl (C=O) groups is 2. The van der Waals surface area contributed by atoms with Crippen molar-refractivity contribution < 1.29 is 27.9 Å². The molecule has 0 fully saturated rings. The molecule has 0 bridgehead atoms. The summed E-state index contributed by atoms with van der Waals surface area (Å²) in [6.45, 7) is 2.90.